The molecular weight excluding hydrogens is 250 g/mol. The zero-order chi connectivity index (χ0) is 12.1. The molecule has 94 valence electrons. The summed E-state index contributed by atoms with van der Waals surface area (Å²) in [7, 11) is 0. The maximum absolute atomic E-state index is 5.77. The van der Waals surface area contributed by atoms with Crippen molar-refractivity contribution in [1.82, 2.24) is 4.90 Å². The number of alkyl halides is 1. The first-order chi connectivity index (χ1) is 8.35. The van der Waals surface area contributed by atoms with Crippen LogP contribution in [-0.2, 0) is 0 Å². The lowest BCUT2D eigenvalue weighted by Crippen LogP contribution is -2.29. The zero-order valence-corrected chi connectivity index (χ0v) is 11.9. The first-order valence-corrected chi connectivity index (χ1v) is 7.87. The van der Waals surface area contributed by atoms with E-state index in [9.17, 15) is 0 Å². The van der Waals surface area contributed by atoms with Gasteiger partial charge in [0, 0.05) is 29.0 Å². The highest BCUT2D eigenvalue weighted by Gasteiger charge is 2.23. The number of thioether (sulfide) groups is 1. The first kappa shape index (κ1) is 13.3. The molecule has 1 aliphatic rings. The summed E-state index contributed by atoms with van der Waals surface area (Å²) in [6, 6.07) is 8.83. The Hall–Kier alpha value is -0.180. The molecule has 0 spiro atoms. The second-order valence-corrected chi connectivity index (χ2v) is 5.92. The third-order valence-electron chi connectivity index (χ3n) is 3.33. The summed E-state index contributed by atoms with van der Waals surface area (Å²) < 4.78 is 0. The fourth-order valence-electron chi connectivity index (χ4n) is 2.35. The monoisotopic (exact) mass is 269 g/mol. The molecule has 3 heteroatoms. The highest BCUT2D eigenvalue weighted by Crippen LogP contribution is 2.39. The van der Waals surface area contributed by atoms with E-state index in [1.54, 1.807) is 5.56 Å². The maximum Gasteiger partial charge on any atom is 0.0235 e. The van der Waals surface area contributed by atoms with Crippen LogP contribution in [-0.4, -0.2) is 36.2 Å². The van der Waals surface area contributed by atoms with Gasteiger partial charge in [0.05, 0.1) is 0 Å². The maximum atomic E-state index is 5.77. The summed E-state index contributed by atoms with van der Waals surface area (Å²) in [5.41, 5.74) is 1.54. The molecule has 17 heavy (non-hydrogen) atoms. The summed E-state index contributed by atoms with van der Waals surface area (Å²) in [6.45, 7) is 5.67. The molecular formula is C14H20ClNS. The Bertz CT molecular complexity index is 356. The molecule has 0 saturated heterocycles. The van der Waals surface area contributed by atoms with Crippen LogP contribution in [0.25, 0.3) is 0 Å². The van der Waals surface area contributed by atoms with Crippen molar-refractivity contribution in [3.8, 4) is 0 Å². The SMILES string of the molecule is CCN(CCCCl)CC1CSc2ccccc21. The van der Waals surface area contributed by atoms with Gasteiger partial charge in [-0.05, 0) is 31.1 Å². The standard InChI is InChI=1S/C14H20ClNS/c1-2-16(9-5-8-15)10-12-11-17-14-7-4-3-6-13(12)14/h3-4,6-7,12H,2,5,8-11H2,1H3. The third-order valence-corrected chi connectivity index (χ3v) is 4.85. The third kappa shape index (κ3) is 3.40. The van der Waals surface area contributed by atoms with E-state index < -0.39 is 0 Å². The Kier molecular flexibility index (Phi) is 5.20. The normalized spacial score (nSPS) is 18.6. The number of rotatable bonds is 6. The molecule has 0 amide bonds. The predicted octanol–water partition coefficient (Wildman–Crippen LogP) is 3.83. The summed E-state index contributed by atoms with van der Waals surface area (Å²) in [6.07, 6.45) is 1.09. The van der Waals surface area contributed by atoms with E-state index in [4.69, 9.17) is 11.6 Å². The Morgan fingerprint density at radius 2 is 2.24 bits per heavy atom. The van der Waals surface area contributed by atoms with Crippen molar-refractivity contribution >= 4 is 23.4 Å². The van der Waals surface area contributed by atoms with Crippen LogP contribution in [0.4, 0.5) is 0 Å². The molecule has 0 bridgehead atoms. The number of halogens is 1. The van der Waals surface area contributed by atoms with Gasteiger partial charge in [-0.25, -0.2) is 0 Å². The van der Waals surface area contributed by atoms with Crippen molar-refractivity contribution in [3.63, 3.8) is 0 Å². The van der Waals surface area contributed by atoms with Gasteiger partial charge in [0.15, 0.2) is 0 Å². The molecule has 1 aromatic carbocycles. The Balaban J connectivity index is 1.95. The second-order valence-electron chi connectivity index (χ2n) is 4.48. The van der Waals surface area contributed by atoms with Crippen LogP contribution in [0.1, 0.15) is 24.8 Å². The number of likely N-dealkylation sites (N-methyl/N-ethyl adjacent to an activating group) is 1. The Morgan fingerprint density at radius 3 is 3.00 bits per heavy atom. The Morgan fingerprint density at radius 1 is 1.41 bits per heavy atom. The van der Waals surface area contributed by atoms with Gasteiger partial charge in [0.25, 0.3) is 0 Å². The molecule has 0 saturated carbocycles. The lowest BCUT2D eigenvalue weighted by Gasteiger charge is -2.23. The smallest absolute Gasteiger partial charge is 0.0235 e. The van der Waals surface area contributed by atoms with E-state index in [1.165, 1.54) is 17.2 Å². The minimum Gasteiger partial charge on any atom is -0.303 e. The average molecular weight is 270 g/mol. The molecule has 1 atom stereocenters. The Labute approximate surface area is 114 Å². The lowest BCUT2D eigenvalue weighted by molar-refractivity contribution is 0.277. The summed E-state index contributed by atoms with van der Waals surface area (Å²) in [5.74, 6) is 2.70. The molecule has 1 aliphatic heterocycles. The van der Waals surface area contributed by atoms with E-state index in [2.05, 4.69) is 36.1 Å². The molecule has 0 aromatic heterocycles. The number of benzene rings is 1. The van der Waals surface area contributed by atoms with E-state index in [0.717, 1.165) is 25.4 Å². The van der Waals surface area contributed by atoms with E-state index in [1.807, 2.05) is 11.8 Å². The predicted molar refractivity (Wildman–Crippen MR) is 77.4 cm³/mol. The molecule has 1 nitrogen and oxygen atoms in total. The van der Waals surface area contributed by atoms with Crippen LogP contribution >= 0.6 is 23.4 Å². The number of hydrogen-bond acceptors (Lipinski definition) is 2. The highest BCUT2D eigenvalue weighted by molar-refractivity contribution is 7.99. The molecule has 1 heterocycles. The minimum atomic E-state index is 0.700. The summed E-state index contributed by atoms with van der Waals surface area (Å²) >= 11 is 7.77. The van der Waals surface area contributed by atoms with Crippen LogP contribution in [0.5, 0.6) is 0 Å². The van der Waals surface area contributed by atoms with Crippen LogP contribution in [0, 0.1) is 0 Å². The van der Waals surface area contributed by atoms with Crippen LogP contribution < -0.4 is 0 Å². The molecule has 2 rings (SSSR count). The van der Waals surface area contributed by atoms with Gasteiger partial charge in [-0.15, -0.1) is 23.4 Å². The van der Waals surface area contributed by atoms with E-state index in [0.29, 0.717) is 5.92 Å². The quantitative estimate of drug-likeness (QED) is 0.722. The van der Waals surface area contributed by atoms with Crippen molar-refractivity contribution in [3.05, 3.63) is 29.8 Å². The molecule has 0 radical (unpaired) electrons. The van der Waals surface area contributed by atoms with Crippen LogP contribution in [0.3, 0.4) is 0 Å². The van der Waals surface area contributed by atoms with Crippen molar-refractivity contribution in [2.24, 2.45) is 0 Å². The van der Waals surface area contributed by atoms with Crippen molar-refractivity contribution < 1.29 is 0 Å². The topological polar surface area (TPSA) is 3.24 Å². The van der Waals surface area contributed by atoms with Gasteiger partial charge in [0.2, 0.25) is 0 Å². The van der Waals surface area contributed by atoms with Gasteiger partial charge in [-0.3, -0.25) is 0 Å². The van der Waals surface area contributed by atoms with Gasteiger partial charge < -0.3 is 4.90 Å². The highest BCUT2D eigenvalue weighted by atomic mass is 35.5. The number of fused-ring (bicyclic) bond motifs is 1. The summed E-state index contributed by atoms with van der Waals surface area (Å²) in [4.78, 5) is 4.00. The molecule has 0 fully saturated rings. The van der Waals surface area contributed by atoms with Crippen molar-refractivity contribution in [2.45, 2.75) is 24.2 Å². The van der Waals surface area contributed by atoms with E-state index >= 15 is 0 Å². The largest absolute Gasteiger partial charge is 0.303 e. The average Bonchev–Trinajstić information content (AvgIpc) is 2.78. The molecule has 0 aliphatic carbocycles. The molecule has 0 N–H and O–H groups in total. The molecule has 1 unspecified atom stereocenters. The fraction of sp³-hybridized carbons (Fsp3) is 0.571. The first-order valence-electron chi connectivity index (χ1n) is 6.35. The van der Waals surface area contributed by atoms with Gasteiger partial charge >= 0.3 is 0 Å². The number of hydrogen-bond donors (Lipinski definition) is 0. The second kappa shape index (κ2) is 6.67. The fourth-order valence-corrected chi connectivity index (χ4v) is 3.72. The van der Waals surface area contributed by atoms with E-state index in [-0.39, 0.29) is 0 Å². The lowest BCUT2D eigenvalue weighted by atomic mass is 10.0. The van der Waals surface area contributed by atoms with Gasteiger partial charge in [-0.1, -0.05) is 25.1 Å². The summed E-state index contributed by atoms with van der Waals surface area (Å²) in [5, 5.41) is 0. The van der Waals surface area contributed by atoms with Crippen molar-refractivity contribution in [2.75, 3.05) is 31.3 Å². The minimum absolute atomic E-state index is 0.700. The number of nitrogens with zero attached hydrogens (tertiary/aromatic N) is 1. The molecule has 1 aromatic rings. The van der Waals surface area contributed by atoms with Gasteiger partial charge in [0.1, 0.15) is 0 Å². The van der Waals surface area contributed by atoms with Crippen molar-refractivity contribution in [1.29, 1.82) is 0 Å². The van der Waals surface area contributed by atoms with Gasteiger partial charge in [-0.2, -0.15) is 0 Å². The van der Waals surface area contributed by atoms with Crippen LogP contribution in [0.2, 0.25) is 0 Å². The zero-order valence-electron chi connectivity index (χ0n) is 10.4. The van der Waals surface area contributed by atoms with Crippen LogP contribution in [0.15, 0.2) is 29.2 Å².